The Bertz CT molecular complexity index is 514. The number of benzene rings is 1. The van der Waals surface area contributed by atoms with Crippen LogP contribution in [-0.4, -0.2) is 28.2 Å². The average Bonchev–Trinajstić information content (AvgIpc) is 2.28. The van der Waals surface area contributed by atoms with Crippen LogP contribution in [0.1, 0.15) is 13.8 Å². The van der Waals surface area contributed by atoms with Crippen molar-refractivity contribution in [3.05, 3.63) is 18.2 Å². The predicted octanol–water partition coefficient (Wildman–Crippen LogP) is 0.968. The van der Waals surface area contributed by atoms with Crippen LogP contribution < -0.4 is 15.6 Å². The molecule has 0 amide bonds. The molecule has 0 bridgehead atoms. The molecule has 0 atom stereocenters. The van der Waals surface area contributed by atoms with E-state index in [0.717, 1.165) is 0 Å². The van der Waals surface area contributed by atoms with Crippen molar-refractivity contribution in [2.45, 2.75) is 18.7 Å². The quantitative estimate of drug-likeness (QED) is 0.574. The lowest BCUT2D eigenvalue weighted by Gasteiger charge is -2.12. The molecule has 4 N–H and O–H groups in total. The van der Waals surface area contributed by atoms with Crippen molar-refractivity contribution >= 4 is 15.7 Å². The van der Waals surface area contributed by atoms with Crippen LogP contribution in [0.25, 0.3) is 0 Å². The highest BCUT2D eigenvalue weighted by Crippen LogP contribution is 2.27. The molecule has 1 aromatic carbocycles. The molecule has 108 valence electrons. The zero-order valence-corrected chi connectivity index (χ0v) is 11.9. The Morgan fingerprint density at radius 3 is 2.53 bits per heavy atom. The first-order valence-corrected chi connectivity index (χ1v) is 7.49. The van der Waals surface area contributed by atoms with Gasteiger partial charge in [-0.25, -0.2) is 13.6 Å². The smallest absolute Gasteiger partial charge is 0.240 e. The third kappa shape index (κ3) is 5.06. The highest BCUT2D eigenvalue weighted by atomic mass is 32.2. The van der Waals surface area contributed by atoms with Crippen molar-refractivity contribution in [2.75, 3.05) is 25.6 Å². The number of hydrogen-bond acceptors (Lipinski definition) is 5. The molecular formula is C12H20N2O4S. The van der Waals surface area contributed by atoms with Crippen LogP contribution in [0.5, 0.6) is 5.75 Å². The summed E-state index contributed by atoms with van der Waals surface area (Å²) >= 11 is 0. The van der Waals surface area contributed by atoms with Crippen LogP contribution in [0.3, 0.4) is 0 Å². The molecule has 0 heterocycles. The van der Waals surface area contributed by atoms with E-state index in [2.05, 4.69) is 13.8 Å². The molecule has 1 rings (SSSR count). The maximum absolute atomic E-state index is 11.3. The number of sulfonamides is 1. The van der Waals surface area contributed by atoms with Gasteiger partial charge in [0.25, 0.3) is 0 Å². The second-order valence-electron chi connectivity index (χ2n) is 4.53. The van der Waals surface area contributed by atoms with Gasteiger partial charge >= 0.3 is 0 Å². The normalized spacial score (nSPS) is 11.8. The van der Waals surface area contributed by atoms with E-state index in [1.54, 1.807) is 6.07 Å². The number of nitrogen functional groups attached to an aromatic ring is 1. The fraction of sp³-hybridized carbons (Fsp3) is 0.500. The molecule has 0 aliphatic carbocycles. The first-order chi connectivity index (χ1) is 8.82. The first-order valence-electron chi connectivity index (χ1n) is 5.94. The number of ether oxygens (including phenoxy) is 2. The van der Waals surface area contributed by atoms with Gasteiger partial charge in [0.05, 0.1) is 12.3 Å². The fourth-order valence-electron chi connectivity index (χ4n) is 1.43. The Kier molecular flexibility index (Phi) is 5.59. The molecule has 0 aromatic heterocycles. The van der Waals surface area contributed by atoms with E-state index in [1.165, 1.54) is 12.1 Å². The lowest BCUT2D eigenvalue weighted by molar-refractivity contribution is 0.0820. The van der Waals surface area contributed by atoms with Crippen molar-refractivity contribution in [3.8, 4) is 5.75 Å². The molecule has 0 spiro atoms. The van der Waals surface area contributed by atoms with Gasteiger partial charge in [0.1, 0.15) is 17.3 Å². The van der Waals surface area contributed by atoms with E-state index >= 15 is 0 Å². The Morgan fingerprint density at radius 1 is 1.26 bits per heavy atom. The third-order valence-corrected chi connectivity index (χ3v) is 3.24. The maximum atomic E-state index is 11.3. The summed E-state index contributed by atoms with van der Waals surface area (Å²) in [7, 11) is -3.84. The minimum absolute atomic E-state index is 0.0221. The van der Waals surface area contributed by atoms with Gasteiger partial charge in [0.15, 0.2) is 0 Å². The summed E-state index contributed by atoms with van der Waals surface area (Å²) in [5.74, 6) is 0.746. The Hall–Kier alpha value is -1.31. The molecular weight excluding hydrogens is 268 g/mol. The lowest BCUT2D eigenvalue weighted by Crippen LogP contribution is -2.16. The van der Waals surface area contributed by atoms with Crippen molar-refractivity contribution in [3.63, 3.8) is 0 Å². The van der Waals surface area contributed by atoms with Crippen LogP contribution in [0.4, 0.5) is 5.69 Å². The zero-order valence-electron chi connectivity index (χ0n) is 11.1. The average molecular weight is 288 g/mol. The van der Waals surface area contributed by atoms with Crippen molar-refractivity contribution in [1.29, 1.82) is 0 Å². The maximum Gasteiger partial charge on any atom is 0.240 e. The predicted molar refractivity (Wildman–Crippen MR) is 73.4 cm³/mol. The fourth-order valence-corrected chi connectivity index (χ4v) is 2.10. The number of para-hydroxylation sites is 1. The monoisotopic (exact) mass is 288 g/mol. The largest absolute Gasteiger partial charge is 0.489 e. The van der Waals surface area contributed by atoms with Gasteiger partial charge in [-0.05, 0) is 18.1 Å². The molecule has 0 saturated heterocycles. The molecule has 19 heavy (non-hydrogen) atoms. The van der Waals surface area contributed by atoms with Gasteiger partial charge in [0.2, 0.25) is 10.0 Å². The summed E-state index contributed by atoms with van der Waals surface area (Å²) in [6.07, 6.45) is 0. The summed E-state index contributed by atoms with van der Waals surface area (Å²) in [4.78, 5) is -0.131. The van der Waals surface area contributed by atoms with Gasteiger partial charge in [-0.2, -0.15) is 0 Å². The van der Waals surface area contributed by atoms with Gasteiger partial charge in [0, 0.05) is 6.61 Å². The molecule has 6 nitrogen and oxygen atoms in total. The third-order valence-electron chi connectivity index (χ3n) is 2.27. The zero-order chi connectivity index (χ0) is 14.5. The minimum atomic E-state index is -3.84. The summed E-state index contributed by atoms with van der Waals surface area (Å²) in [6, 6.07) is 4.46. The van der Waals surface area contributed by atoms with E-state index in [-0.39, 0.29) is 10.6 Å². The summed E-state index contributed by atoms with van der Waals surface area (Å²) < 4.78 is 33.3. The van der Waals surface area contributed by atoms with Gasteiger partial charge < -0.3 is 15.2 Å². The molecule has 0 unspecified atom stereocenters. The molecule has 7 heteroatoms. The number of rotatable bonds is 7. The standard InChI is InChI=1S/C12H20N2O4S/c1-9(2)8-17-6-7-18-10-4-3-5-11(12(10)13)19(14,15)16/h3-5,9H,6-8,13H2,1-2H3,(H2,14,15,16). The van der Waals surface area contributed by atoms with Crippen LogP contribution in [0.2, 0.25) is 0 Å². The second kappa shape index (κ2) is 6.74. The van der Waals surface area contributed by atoms with Gasteiger partial charge in [-0.15, -0.1) is 0 Å². The van der Waals surface area contributed by atoms with Crippen LogP contribution in [-0.2, 0) is 14.8 Å². The molecule has 0 aliphatic heterocycles. The van der Waals surface area contributed by atoms with E-state index in [1.807, 2.05) is 0 Å². The molecule has 0 aliphatic rings. The molecule has 1 aromatic rings. The highest BCUT2D eigenvalue weighted by Gasteiger charge is 2.15. The number of anilines is 1. The Balaban J connectivity index is 2.60. The van der Waals surface area contributed by atoms with E-state index < -0.39 is 10.0 Å². The lowest BCUT2D eigenvalue weighted by atomic mass is 10.2. The van der Waals surface area contributed by atoms with Gasteiger partial charge in [-0.1, -0.05) is 19.9 Å². The molecule has 0 fully saturated rings. The van der Waals surface area contributed by atoms with E-state index in [0.29, 0.717) is 31.5 Å². The van der Waals surface area contributed by atoms with Crippen LogP contribution >= 0.6 is 0 Å². The summed E-state index contributed by atoms with van der Waals surface area (Å²) in [5, 5.41) is 5.05. The van der Waals surface area contributed by atoms with Crippen molar-refractivity contribution < 1.29 is 17.9 Å². The van der Waals surface area contributed by atoms with E-state index in [4.69, 9.17) is 20.3 Å². The number of nitrogens with two attached hydrogens (primary N) is 2. The van der Waals surface area contributed by atoms with Crippen LogP contribution in [0, 0.1) is 5.92 Å². The van der Waals surface area contributed by atoms with Crippen molar-refractivity contribution in [1.82, 2.24) is 0 Å². The highest BCUT2D eigenvalue weighted by molar-refractivity contribution is 7.89. The second-order valence-corrected chi connectivity index (χ2v) is 6.06. The molecule has 0 saturated carbocycles. The van der Waals surface area contributed by atoms with Crippen molar-refractivity contribution in [2.24, 2.45) is 11.1 Å². The first kappa shape index (κ1) is 15.7. The topological polar surface area (TPSA) is 105 Å². The Morgan fingerprint density at radius 2 is 1.95 bits per heavy atom. The SMILES string of the molecule is CC(C)COCCOc1cccc(S(N)(=O)=O)c1N. The van der Waals surface area contributed by atoms with Gasteiger partial charge in [-0.3, -0.25) is 0 Å². The summed E-state index contributed by atoms with van der Waals surface area (Å²) in [5.41, 5.74) is 5.73. The van der Waals surface area contributed by atoms with Crippen LogP contribution in [0.15, 0.2) is 23.1 Å². The number of primary sulfonamides is 1. The van der Waals surface area contributed by atoms with E-state index in [9.17, 15) is 8.42 Å². The summed E-state index contributed by atoms with van der Waals surface area (Å²) in [6.45, 7) is 5.46. The minimum Gasteiger partial charge on any atom is -0.489 e. The Labute approximate surface area is 113 Å². The molecule has 0 radical (unpaired) electrons. The number of hydrogen-bond donors (Lipinski definition) is 2.